The molecule has 0 spiro atoms. The monoisotopic (exact) mass is 359 g/mol. The summed E-state index contributed by atoms with van der Waals surface area (Å²) in [6.45, 7) is 3.08. The zero-order valence-electron chi connectivity index (χ0n) is 14.6. The van der Waals surface area contributed by atoms with Crippen molar-refractivity contribution in [2.24, 2.45) is 5.92 Å². The summed E-state index contributed by atoms with van der Waals surface area (Å²) in [5.74, 6) is 2.56. The largest absolute Gasteiger partial charge is 0.484 e. The maximum absolute atomic E-state index is 12.2. The Balaban J connectivity index is 1.28. The molecule has 0 bridgehead atoms. The van der Waals surface area contributed by atoms with Crippen molar-refractivity contribution < 1.29 is 23.4 Å². The number of ether oxygens (including phenoxy) is 3. The smallest absolute Gasteiger partial charge is 0.273 e. The van der Waals surface area contributed by atoms with Gasteiger partial charge < -0.3 is 28.8 Å². The van der Waals surface area contributed by atoms with E-state index in [1.165, 1.54) is 6.26 Å². The second-order valence-corrected chi connectivity index (χ2v) is 6.56. The van der Waals surface area contributed by atoms with Crippen LogP contribution in [0.4, 0.5) is 0 Å². The molecule has 0 aliphatic carbocycles. The van der Waals surface area contributed by atoms with E-state index < -0.39 is 0 Å². The Hall–Kier alpha value is -2.74. The van der Waals surface area contributed by atoms with Crippen LogP contribution < -0.4 is 19.5 Å². The topological polar surface area (TPSA) is 86.1 Å². The number of hydrogen-bond donors (Lipinski definition) is 1. The minimum Gasteiger partial charge on any atom is -0.484 e. The van der Waals surface area contributed by atoms with Gasteiger partial charge in [0.15, 0.2) is 23.8 Å². The molecule has 2 aliphatic rings. The summed E-state index contributed by atoms with van der Waals surface area (Å²) in [5, 5.41) is 2.92. The van der Waals surface area contributed by atoms with Gasteiger partial charge in [-0.05, 0) is 38.1 Å². The number of benzene rings is 1. The highest BCUT2D eigenvalue weighted by molar-refractivity contribution is 5.91. The molecule has 1 amide bonds. The molecule has 1 aromatic carbocycles. The molecule has 0 radical (unpaired) electrons. The lowest BCUT2D eigenvalue weighted by Crippen LogP contribution is -2.30. The van der Waals surface area contributed by atoms with E-state index in [9.17, 15) is 4.79 Å². The zero-order valence-corrected chi connectivity index (χ0v) is 14.6. The average molecular weight is 359 g/mol. The van der Waals surface area contributed by atoms with Gasteiger partial charge in [-0.25, -0.2) is 4.98 Å². The summed E-state index contributed by atoms with van der Waals surface area (Å²) >= 11 is 0. The molecule has 2 aliphatic heterocycles. The molecule has 0 saturated carbocycles. The number of nitrogens with one attached hydrogen (secondary N) is 1. The number of likely N-dealkylation sites (tertiary alicyclic amines) is 1. The highest BCUT2D eigenvalue weighted by Gasteiger charge is 2.21. The van der Waals surface area contributed by atoms with E-state index in [0.29, 0.717) is 35.6 Å². The van der Waals surface area contributed by atoms with Crippen LogP contribution in [0, 0.1) is 5.92 Å². The first-order chi connectivity index (χ1) is 12.7. The summed E-state index contributed by atoms with van der Waals surface area (Å²) in [4.78, 5) is 18.6. The van der Waals surface area contributed by atoms with E-state index in [4.69, 9.17) is 18.6 Å². The quantitative estimate of drug-likeness (QED) is 0.839. The third kappa shape index (κ3) is 3.75. The summed E-state index contributed by atoms with van der Waals surface area (Å²) < 4.78 is 21.5. The van der Waals surface area contributed by atoms with Gasteiger partial charge in [-0.15, -0.1) is 0 Å². The molecule has 1 N–H and O–H groups in total. The van der Waals surface area contributed by atoms with Crippen molar-refractivity contribution >= 4 is 5.91 Å². The van der Waals surface area contributed by atoms with Crippen LogP contribution in [0.3, 0.4) is 0 Å². The Morgan fingerprint density at radius 1 is 1.38 bits per heavy atom. The van der Waals surface area contributed by atoms with Gasteiger partial charge in [-0.1, -0.05) is 0 Å². The van der Waals surface area contributed by atoms with E-state index in [-0.39, 0.29) is 25.0 Å². The van der Waals surface area contributed by atoms with Gasteiger partial charge in [0.05, 0.1) is 0 Å². The van der Waals surface area contributed by atoms with Crippen LogP contribution in [0.1, 0.15) is 22.8 Å². The van der Waals surface area contributed by atoms with Crippen LogP contribution in [0.2, 0.25) is 0 Å². The van der Waals surface area contributed by atoms with Crippen molar-refractivity contribution in [3.63, 3.8) is 0 Å². The number of rotatable bonds is 6. The maximum atomic E-state index is 12.2. The van der Waals surface area contributed by atoms with E-state index in [1.807, 2.05) is 0 Å². The summed E-state index contributed by atoms with van der Waals surface area (Å²) in [5.41, 5.74) is 0.264. The van der Waals surface area contributed by atoms with Gasteiger partial charge in [-0.3, -0.25) is 4.79 Å². The number of fused-ring (bicyclic) bond motifs is 1. The van der Waals surface area contributed by atoms with Crippen LogP contribution in [0.15, 0.2) is 28.9 Å². The van der Waals surface area contributed by atoms with Crippen molar-refractivity contribution in [2.75, 3.05) is 33.5 Å². The van der Waals surface area contributed by atoms with Crippen LogP contribution >= 0.6 is 0 Å². The molecule has 138 valence electrons. The van der Waals surface area contributed by atoms with Crippen LogP contribution in [0.5, 0.6) is 17.2 Å². The number of carbonyl (C=O) groups is 1. The van der Waals surface area contributed by atoms with Crippen LogP contribution in [-0.2, 0) is 6.61 Å². The molecule has 4 rings (SSSR count). The van der Waals surface area contributed by atoms with E-state index in [0.717, 1.165) is 19.5 Å². The fourth-order valence-electron chi connectivity index (χ4n) is 3.11. The number of carbonyl (C=O) groups excluding carboxylic acids is 1. The molecule has 1 atom stereocenters. The molecule has 8 heteroatoms. The lowest BCUT2D eigenvalue weighted by molar-refractivity contribution is 0.0942. The molecule has 26 heavy (non-hydrogen) atoms. The molecular weight excluding hydrogens is 338 g/mol. The average Bonchev–Trinajstić information content (AvgIpc) is 3.38. The third-order valence-corrected chi connectivity index (χ3v) is 4.53. The first-order valence-corrected chi connectivity index (χ1v) is 8.61. The molecule has 0 unspecified atom stereocenters. The third-order valence-electron chi connectivity index (χ3n) is 4.53. The fraction of sp³-hybridized carbons (Fsp3) is 0.444. The molecule has 2 aromatic rings. The standard InChI is InChI=1S/C18H21N3O5/c1-21-5-4-12(8-21)7-19-18(22)14-9-24-17(20-14)10-23-13-2-3-15-16(6-13)26-11-25-15/h2-3,6,9,12H,4-5,7-8,10-11H2,1H3,(H,19,22)/t12-/m0/s1. The zero-order chi connectivity index (χ0) is 17.9. The van der Waals surface area contributed by atoms with Gasteiger partial charge in [0.25, 0.3) is 5.91 Å². The molecule has 8 nitrogen and oxygen atoms in total. The van der Waals surface area contributed by atoms with E-state index in [2.05, 4.69) is 22.2 Å². The Kier molecular flexibility index (Phi) is 4.66. The second kappa shape index (κ2) is 7.25. The lowest BCUT2D eigenvalue weighted by atomic mass is 10.1. The van der Waals surface area contributed by atoms with Crippen molar-refractivity contribution in [3.05, 3.63) is 36.0 Å². The molecular formula is C18H21N3O5. The van der Waals surface area contributed by atoms with Gasteiger partial charge in [-0.2, -0.15) is 0 Å². The first kappa shape index (κ1) is 16.7. The first-order valence-electron chi connectivity index (χ1n) is 8.61. The minimum absolute atomic E-state index is 0.125. The number of hydrogen-bond acceptors (Lipinski definition) is 7. The summed E-state index contributed by atoms with van der Waals surface area (Å²) in [6, 6.07) is 5.31. The highest BCUT2D eigenvalue weighted by Crippen LogP contribution is 2.35. The van der Waals surface area contributed by atoms with Crippen molar-refractivity contribution in [2.45, 2.75) is 13.0 Å². The van der Waals surface area contributed by atoms with Crippen LogP contribution in [-0.4, -0.2) is 49.3 Å². The van der Waals surface area contributed by atoms with Gasteiger partial charge in [0.2, 0.25) is 12.7 Å². The van der Waals surface area contributed by atoms with Crippen molar-refractivity contribution in [3.8, 4) is 17.2 Å². The van der Waals surface area contributed by atoms with Crippen molar-refractivity contribution in [1.82, 2.24) is 15.2 Å². The maximum Gasteiger partial charge on any atom is 0.273 e. The predicted octanol–water partition coefficient (Wildman–Crippen LogP) is 1.66. The van der Waals surface area contributed by atoms with Crippen LogP contribution in [0.25, 0.3) is 0 Å². The van der Waals surface area contributed by atoms with E-state index in [1.54, 1.807) is 18.2 Å². The molecule has 1 saturated heterocycles. The molecule has 1 fully saturated rings. The summed E-state index contributed by atoms with van der Waals surface area (Å²) in [7, 11) is 2.09. The second-order valence-electron chi connectivity index (χ2n) is 6.56. The Labute approximate surface area is 151 Å². The molecule has 3 heterocycles. The Morgan fingerprint density at radius 2 is 2.27 bits per heavy atom. The Morgan fingerprint density at radius 3 is 3.12 bits per heavy atom. The number of amides is 1. The predicted molar refractivity (Wildman–Crippen MR) is 91.3 cm³/mol. The highest BCUT2D eigenvalue weighted by atomic mass is 16.7. The van der Waals surface area contributed by atoms with Crippen molar-refractivity contribution in [1.29, 1.82) is 0 Å². The van der Waals surface area contributed by atoms with Gasteiger partial charge in [0.1, 0.15) is 12.0 Å². The fourth-order valence-corrected chi connectivity index (χ4v) is 3.11. The number of oxazole rings is 1. The minimum atomic E-state index is -0.224. The van der Waals surface area contributed by atoms with Gasteiger partial charge >= 0.3 is 0 Å². The van der Waals surface area contributed by atoms with E-state index >= 15 is 0 Å². The normalized spacial score (nSPS) is 18.9. The number of nitrogens with zero attached hydrogens (tertiary/aromatic N) is 2. The SMILES string of the molecule is CN1CC[C@@H](CNC(=O)c2coc(COc3ccc4c(c3)OCO4)n2)C1. The van der Waals surface area contributed by atoms with Gasteiger partial charge in [0, 0.05) is 19.2 Å². The lowest BCUT2D eigenvalue weighted by Gasteiger charge is -2.10. The number of aromatic nitrogens is 1. The Bertz CT molecular complexity index is 791. The molecule has 1 aromatic heterocycles. The summed E-state index contributed by atoms with van der Waals surface area (Å²) in [6.07, 6.45) is 2.46.